The third-order valence-corrected chi connectivity index (χ3v) is 5.42. The topological polar surface area (TPSA) is 76.1 Å². The SMILES string of the molecule is CC(=O)c1csc(NS(=O)(=O)c2ccc(Cl)c(F)c2Cl)n1. The zero-order valence-corrected chi connectivity index (χ0v) is 13.5. The van der Waals surface area contributed by atoms with Crippen LogP contribution in [0.3, 0.4) is 0 Å². The summed E-state index contributed by atoms with van der Waals surface area (Å²) >= 11 is 12.1. The second-order valence-electron chi connectivity index (χ2n) is 3.87. The summed E-state index contributed by atoms with van der Waals surface area (Å²) in [6.07, 6.45) is 0. The van der Waals surface area contributed by atoms with Crippen molar-refractivity contribution in [1.82, 2.24) is 4.98 Å². The van der Waals surface area contributed by atoms with E-state index >= 15 is 0 Å². The highest BCUT2D eigenvalue weighted by molar-refractivity contribution is 7.93. The van der Waals surface area contributed by atoms with Gasteiger partial charge in [-0.05, 0) is 12.1 Å². The van der Waals surface area contributed by atoms with Gasteiger partial charge in [-0.15, -0.1) is 11.3 Å². The fraction of sp³-hybridized carbons (Fsp3) is 0.0909. The quantitative estimate of drug-likeness (QED) is 0.660. The number of benzene rings is 1. The van der Waals surface area contributed by atoms with Crippen molar-refractivity contribution in [3.63, 3.8) is 0 Å². The number of carbonyl (C=O) groups is 1. The number of rotatable bonds is 4. The van der Waals surface area contributed by atoms with E-state index in [2.05, 4.69) is 9.71 Å². The van der Waals surface area contributed by atoms with Crippen molar-refractivity contribution in [2.75, 3.05) is 4.72 Å². The zero-order valence-electron chi connectivity index (χ0n) is 10.4. The van der Waals surface area contributed by atoms with Crippen LogP contribution in [0.1, 0.15) is 17.4 Å². The summed E-state index contributed by atoms with van der Waals surface area (Å²) in [5, 5.41) is 0.488. The molecule has 21 heavy (non-hydrogen) atoms. The van der Waals surface area contributed by atoms with E-state index in [9.17, 15) is 17.6 Å². The van der Waals surface area contributed by atoms with Crippen LogP contribution in [0.2, 0.25) is 10.0 Å². The molecule has 5 nitrogen and oxygen atoms in total. The normalized spacial score (nSPS) is 11.4. The van der Waals surface area contributed by atoms with Crippen LogP contribution < -0.4 is 4.72 Å². The highest BCUT2D eigenvalue weighted by Gasteiger charge is 2.23. The van der Waals surface area contributed by atoms with Gasteiger partial charge in [0.15, 0.2) is 16.7 Å². The van der Waals surface area contributed by atoms with Gasteiger partial charge in [-0.1, -0.05) is 23.2 Å². The van der Waals surface area contributed by atoms with E-state index in [1.807, 2.05) is 0 Å². The molecule has 0 saturated heterocycles. The summed E-state index contributed by atoms with van der Waals surface area (Å²) in [7, 11) is -4.14. The van der Waals surface area contributed by atoms with Crippen molar-refractivity contribution >= 4 is 55.5 Å². The van der Waals surface area contributed by atoms with E-state index in [0.717, 1.165) is 23.5 Å². The predicted molar refractivity (Wildman–Crippen MR) is 79.3 cm³/mol. The molecule has 1 heterocycles. The van der Waals surface area contributed by atoms with E-state index in [4.69, 9.17) is 23.2 Å². The Morgan fingerprint density at radius 3 is 2.62 bits per heavy atom. The van der Waals surface area contributed by atoms with E-state index in [-0.39, 0.29) is 21.6 Å². The first-order chi connectivity index (χ1) is 9.72. The summed E-state index contributed by atoms with van der Waals surface area (Å²) in [5.74, 6) is -1.32. The van der Waals surface area contributed by atoms with Crippen LogP contribution in [-0.2, 0) is 10.0 Å². The van der Waals surface area contributed by atoms with Gasteiger partial charge in [-0.3, -0.25) is 9.52 Å². The average molecular weight is 369 g/mol. The molecule has 10 heteroatoms. The van der Waals surface area contributed by atoms with Crippen molar-refractivity contribution in [1.29, 1.82) is 0 Å². The van der Waals surface area contributed by atoms with E-state index in [1.165, 1.54) is 12.3 Å². The van der Waals surface area contributed by atoms with Gasteiger partial charge in [0.1, 0.15) is 10.6 Å². The first-order valence-corrected chi connectivity index (χ1v) is 8.47. The summed E-state index contributed by atoms with van der Waals surface area (Å²) in [4.78, 5) is 14.5. The minimum Gasteiger partial charge on any atom is -0.293 e. The Hall–Kier alpha value is -1.22. The lowest BCUT2D eigenvalue weighted by atomic mass is 10.3. The van der Waals surface area contributed by atoms with E-state index in [0.29, 0.717) is 0 Å². The number of halogens is 3. The van der Waals surface area contributed by atoms with Crippen LogP contribution >= 0.6 is 34.5 Å². The lowest BCUT2D eigenvalue weighted by Crippen LogP contribution is -2.14. The molecule has 0 saturated carbocycles. The van der Waals surface area contributed by atoms with E-state index < -0.39 is 25.8 Å². The molecule has 0 aliphatic rings. The van der Waals surface area contributed by atoms with Crippen LogP contribution in [0.15, 0.2) is 22.4 Å². The lowest BCUT2D eigenvalue weighted by Gasteiger charge is -2.08. The number of Topliss-reactive ketones (excluding diaryl/α,β-unsaturated/α-hetero) is 1. The Labute approximate surface area is 133 Å². The number of nitrogens with one attached hydrogen (secondary N) is 1. The Bertz CT molecular complexity index is 821. The maximum atomic E-state index is 13.6. The number of hydrogen-bond acceptors (Lipinski definition) is 5. The van der Waals surface area contributed by atoms with Gasteiger partial charge >= 0.3 is 0 Å². The van der Waals surface area contributed by atoms with E-state index in [1.54, 1.807) is 0 Å². The Morgan fingerprint density at radius 1 is 1.38 bits per heavy atom. The predicted octanol–water partition coefficient (Wildman–Crippen LogP) is 3.59. The van der Waals surface area contributed by atoms with Gasteiger partial charge in [0.05, 0.1) is 10.0 Å². The number of nitrogens with zero attached hydrogens (tertiary/aromatic N) is 1. The van der Waals surface area contributed by atoms with Gasteiger partial charge in [-0.2, -0.15) is 0 Å². The highest BCUT2D eigenvalue weighted by atomic mass is 35.5. The molecule has 0 unspecified atom stereocenters. The van der Waals surface area contributed by atoms with Crippen molar-refractivity contribution < 1.29 is 17.6 Å². The monoisotopic (exact) mass is 368 g/mol. The average Bonchev–Trinajstić information content (AvgIpc) is 2.83. The molecule has 0 aliphatic heterocycles. The number of aromatic nitrogens is 1. The third-order valence-electron chi connectivity index (χ3n) is 2.38. The molecule has 1 aromatic heterocycles. The number of anilines is 1. The first-order valence-electron chi connectivity index (χ1n) is 5.35. The molecule has 0 aliphatic carbocycles. The molecule has 112 valence electrons. The fourth-order valence-electron chi connectivity index (χ4n) is 1.37. The molecular formula is C11H7Cl2FN2O3S2. The highest BCUT2D eigenvalue weighted by Crippen LogP contribution is 2.31. The Balaban J connectivity index is 2.38. The minimum absolute atomic E-state index is 0.0216. The second kappa shape index (κ2) is 5.88. The molecule has 0 amide bonds. The number of hydrogen-bond donors (Lipinski definition) is 1. The van der Waals surface area contributed by atoms with Crippen LogP contribution in [0, 0.1) is 5.82 Å². The number of carbonyl (C=O) groups excluding carboxylic acids is 1. The molecule has 0 bridgehead atoms. The van der Waals surface area contributed by atoms with Crippen LogP contribution in [-0.4, -0.2) is 19.2 Å². The minimum atomic E-state index is -4.14. The van der Waals surface area contributed by atoms with Crippen LogP contribution in [0.4, 0.5) is 9.52 Å². The van der Waals surface area contributed by atoms with Gasteiger partial charge in [-0.25, -0.2) is 17.8 Å². The van der Waals surface area contributed by atoms with Crippen molar-refractivity contribution in [3.05, 3.63) is 39.1 Å². The molecule has 0 atom stereocenters. The molecule has 0 fully saturated rings. The zero-order chi connectivity index (χ0) is 15.8. The summed E-state index contributed by atoms with van der Waals surface area (Å²) < 4.78 is 40.0. The molecule has 1 aromatic carbocycles. The van der Waals surface area contributed by atoms with Crippen molar-refractivity contribution in [3.8, 4) is 0 Å². The molecule has 1 N–H and O–H groups in total. The molecule has 0 radical (unpaired) electrons. The van der Waals surface area contributed by atoms with Crippen LogP contribution in [0.5, 0.6) is 0 Å². The molecule has 0 spiro atoms. The number of ketones is 1. The van der Waals surface area contributed by atoms with Gasteiger partial charge in [0.2, 0.25) is 0 Å². The molecule has 2 aromatic rings. The number of thiazole rings is 1. The lowest BCUT2D eigenvalue weighted by molar-refractivity contribution is 0.101. The van der Waals surface area contributed by atoms with Gasteiger partial charge in [0, 0.05) is 12.3 Å². The summed E-state index contributed by atoms with van der Waals surface area (Å²) in [6.45, 7) is 1.30. The fourth-order valence-corrected chi connectivity index (χ4v) is 4.12. The smallest absolute Gasteiger partial charge is 0.265 e. The number of sulfonamides is 1. The van der Waals surface area contributed by atoms with Crippen molar-refractivity contribution in [2.45, 2.75) is 11.8 Å². The first kappa shape index (κ1) is 16.2. The summed E-state index contributed by atoms with van der Waals surface area (Å²) in [5.41, 5.74) is 0.131. The maximum absolute atomic E-state index is 13.6. The second-order valence-corrected chi connectivity index (χ2v) is 7.17. The maximum Gasteiger partial charge on any atom is 0.265 e. The Morgan fingerprint density at radius 2 is 2.05 bits per heavy atom. The van der Waals surface area contributed by atoms with Gasteiger partial charge in [0.25, 0.3) is 10.0 Å². The Kier molecular flexibility index (Phi) is 4.52. The molecular weight excluding hydrogens is 362 g/mol. The standard InChI is InChI=1S/C11H7Cl2FN2O3S2/c1-5(17)7-4-20-11(15-7)16-21(18,19)8-3-2-6(12)10(14)9(8)13/h2-4H,1H3,(H,15,16). The van der Waals surface area contributed by atoms with Gasteiger partial charge < -0.3 is 0 Å². The largest absolute Gasteiger partial charge is 0.293 e. The van der Waals surface area contributed by atoms with Crippen LogP contribution in [0.25, 0.3) is 0 Å². The molecule has 2 rings (SSSR count). The van der Waals surface area contributed by atoms with Crippen molar-refractivity contribution in [2.24, 2.45) is 0 Å². The summed E-state index contributed by atoms with van der Waals surface area (Å²) in [6, 6.07) is 2.16. The third kappa shape index (κ3) is 3.34.